The summed E-state index contributed by atoms with van der Waals surface area (Å²) in [6.07, 6.45) is 1.32. The van der Waals surface area contributed by atoms with E-state index in [1.54, 1.807) is 0 Å². The minimum Gasteiger partial charge on any atom is -0.334 e. The van der Waals surface area contributed by atoms with Crippen LogP contribution in [-0.4, -0.2) is 27.0 Å². The minimum atomic E-state index is -0.975. The maximum Gasteiger partial charge on any atom is 0.325 e. The van der Waals surface area contributed by atoms with Crippen molar-refractivity contribution in [2.75, 3.05) is 0 Å². The van der Waals surface area contributed by atoms with E-state index in [9.17, 15) is 9.59 Å². The standard InChI is InChI=1S/C21H18N4O3/c1-13-6-8-15(9-7-13)18-22-17(24-28-18)12-25-19(26)21(23-20(25)27)11-10-14-4-2-3-5-16(14)21/h2-9H,10-12H2,1H3,(H,23,27)/t21-/m1/s1. The molecule has 5 rings (SSSR count). The van der Waals surface area contributed by atoms with Crippen molar-refractivity contribution in [3.8, 4) is 11.5 Å². The van der Waals surface area contributed by atoms with Gasteiger partial charge in [-0.1, -0.05) is 47.1 Å². The van der Waals surface area contributed by atoms with Gasteiger partial charge in [-0.25, -0.2) is 4.79 Å². The van der Waals surface area contributed by atoms with Crippen LogP contribution in [0.5, 0.6) is 0 Å². The van der Waals surface area contributed by atoms with Crippen LogP contribution in [0, 0.1) is 6.92 Å². The molecule has 1 fully saturated rings. The summed E-state index contributed by atoms with van der Waals surface area (Å²) in [5.74, 6) is 0.398. The number of hydrogen-bond donors (Lipinski definition) is 1. The zero-order valence-electron chi connectivity index (χ0n) is 15.3. The number of carbonyl (C=O) groups is 2. The number of imide groups is 1. The highest BCUT2D eigenvalue weighted by molar-refractivity contribution is 6.08. The minimum absolute atomic E-state index is 0.0239. The molecule has 3 amide bonds. The lowest BCUT2D eigenvalue weighted by Gasteiger charge is -2.22. The Balaban J connectivity index is 1.40. The summed E-state index contributed by atoms with van der Waals surface area (Å²) in [6, 6.07) is 15.0. The van der Waals surface area contributed by atoms with Crippen LogP contribution in [0.2, 0.25) is 0 Å². The Morgan fingerprint density at radius 1 is 1.14 bits per heavy atom. The van der Waals surface area contributed by atoms with E-state index in [2.05, 4.69) is 15.5 Å². The molecule has 0 saturated carbocycles. The van der Waals surface area contributed by atoms with Gasteiger partial charge in [0.2, 0.25) is 0 Å². The normalized spacial score (nSPS) is 20.7. The van der Waals surface area contributed by atoms with Crippen LogP contribution in [0.3, 0.4) is 0 Å². The van der Waals surface area contributed by atoms with Crippen molar-refractivity contribution in [2.24, 2.45) is 0 Å². The van der Waals surface area contributed by atoms with E-state index in [1.165, 1.54) is 4.90 Å². The first-order valence-corrected chi connectivity index (χ1v) is 9.19. The van der Waals surface area contributed by atoms with E-state index in [0.29, 0.717) is 18.1 Å². The fourth-order valence-corrected chi connectivity index (χ4v) is 4.01. The van der Waals surface area contributed by atoms with Crippen molar-refractivity contribution in [1.82, 2.24) is 20.4 Å². The van der Waals surface area contributed by atoms with Crippen LogP contribution in [0.15, 0.2) is 53.1 Å². The first kappa shape index (κ1) is 16.7. The molecule has 7 nitrogen and oxygen atoms in total. The van der Waals surface area contributed by atoms with E-state index in [4.69, 9.17) is 4.52 Å². The number of nitrogens with one attached hydrogen (secondary N) is 1. The first-order valence-electron chi connectivity index (χ1n) is 9.19. The lowest BCUT2D eigenvalue weighted by Crippen LogP contribution is -2.41. The summed E-state index contributed by atoms with van der Waals surface area (Å²) < 4.78 is 5.31. The third-order valence-corrected chi connectivity index (χ3v) is 5.49. The van der Waals surface area contributed by atoms with Crippen molar-refractivity contribution in [1.29, 1.82) is 0 Å². The highest BCUT2D eigenvalue weighted by Gasteiger charge is 2.55. The predicted molar refractivity (Wildman–Crippen MR) is 100.0 cm³/mol. The van der Waals surface area contributed by atoms with Gasteiger partial charge in [-0.15, -0.1) is 0 Å². The van der Waals surface area contributed by atoms with Crippen molar-refractivity contribution >= 4 is 11.9 Å². The van der Waals surface area contributed by atoms with Crippen molar-refractivity contribution in [3.05, 3.63) is 71.0 Å². The van der Waals surface area contributed by atoms with E-state index in [1.807, 2.05) is 55.5 Å². The SMILES string of the molecule is Cc1ccc(-c2nc(CN3C(=O)N[C@@]4(CCc5ccccc54)C3=O)no2)cc1. The number of aromatic nitrogens is 2. The second-order valence-corrected chi connectivity index (χ2v) is 7.27. The Labute approximate surface area is 161 Å². The molecule has 7 heteroatoms. The Kier molecular flexibility index (Phi) is 3.58. The summed E-state index contributed by atoms with van der Waals surface area (Å²) in [7, 11) is 0. The Bertz CT molecular complexity index is 1090. The number of hydrogen-bond acceptors (Lipinski definition) is 5. The number of amides is 3. The molecule has 0 radical (unpaired) electrons. The number of aryl methyl sites for hydroxylation is 2. The number of nitrogens with zero attached hydrogens (tertiary/aromatic N) is 3. The molecule has 1 atom stereocenters. The third-order valence-electron chi connectivity index (χ3n) is 5.49. The molecule has 0 unspecified atom stereocenters. The summed E-state index contributed by atoms with van der Waals surface area (Å²) >= 11 is 0. The molecule has 2 aromatic carbocycles. The van der Waals surface area contributed by atoms with E-state index in [-0.39, 0.29) is 12.5 Å². The first-order chi connectivity index (χ1) is 13.6. The predicted octanol–water partition coefficient (Wildman–Crippen LogP) is 2.94. The molecule has 1 N–H and O–H groups in total. The monoisotopic (exact) mass is 374 g/mol. The molecule has 1 saturated heterocycles. The van der Waals surface area contributed by atoms with Crippen LogP contribution in [0.1, 0.15) is 28.9 Å². The average Bonchev–Trinajstić information content (AvgIpc) is 3.37. The van der Waals surface area contributed by atoms with Gasteiger partial charge >= 0.3 is 6.03 Å². The Hall–Kier alpha value is -3.48. The van der Waals surface area contributed by atoms with Gasteiger partial charge in [0.25, 0.3) is 11.8 Å². The summed E-state index contributed by atoms with van der Waals surface area (Å²) in [4.78, 5) is 31.3. The van der Waals surface area contributed by atoms with Gasteiger partial charge in [0.1, 0.15) is 5.54 Å². The van der Waals surface area contributed by atoms with Crippen molar-refractivity contribution in [2.45, 2.75) is 31.8 Å². The smallest absolute Gasteiger partial charge is 0.325 e. The van der Waals surface area contributed by atoms with Crippen molar-refractivity contribution in [3.63, 3.8) is 0 Å². The molecule has 140 valence electrons. The van der Waals surface area contributed by atoms with Crippen LogP contribution in [0.4, 0.5) is 4.79 Å². The highest BCUT2D eigenvalue weighted by Crippen LogP contribution is 2.41. The maximum atomic E-state index is 13.2. The quantitative estimate of drug-likeness (QED) is 0.712. The van der Waals surface area contributed by atoms with Gasteiger partial charge in [-0.2, -0.15) is 4.98 Å². The second kappa shape index (κ2) is 6.02. The average molecular weight is 374 g/mol. The fraction of sp³-hybridized carbons (Fsp3) is 0.238. The van der Waals surface area contributed by atoms with Crippen LogP contribution in [-0.2, 0) is 23.3 Å². The van der Waals surface area contributed by atoms with E-state index >= 15 is 0 Å². The molecular weight excluding hydrogens is 356 g/mol. The third kappa shape index (κ3) is 2.43. The van der Waals surface area contributed by atoms with Crippen LogP contribution in [0.25, 0.3) is 11.5 Å². The van der Waals surface area contributed by atoms with Crippen molar-refractivity contribution < 1.29 is 14.1 Å². The fourth-order valence-electron chi connectivity index (χ4n) is 4.01. The number of urea groups is 1. The highest BCUT2D eigenvalue weighted by atomic mass is 16.5. The van der Waals surface area contributed by atoms with Gasteiger partial charge < -0.3 is 9.84 Å². The lowest BCUT2D eigenvalue weighted by atomic mass is 9.92. The molecule has 0 bridgehead atoms. The van der Waals surface area contributed by atoms with Gasteiger partial charge in [-0.05, 0) is 43.0 Å². The summed E-state index contributed by atoms with van der Waals surface area (Å²) in [5, 5.41) is 6.85. The van der Waals surface area contributed by atoms with E-state index in [0.717, 1.165) is 28.7 Å². The Morgan fingerprint density at radius 2 is 1.93 bits per heavy atom. The molecular formula is C21H18N4O3. The largest absolute Gasteiger partial charge is 0.334 e. The topological polar surface area (TPSA) is 88.3 Å². The molecule has 1 spiro atoms. The van der Waals surface area contributed by atoms with Gasteiger partial charge in [0.05, 0.1) is 6.54 Å². The van der Waals surface area contributed by atoms with E-state index < -0.39 is 11.6 Å². The maximum absolute atomic E-state index is 13.2. The number of fused-ring (bicyclic) bond motifs is 2. The molecule has 2 aliphatic rings. The number of benzene rings is 2. The molecule has 1 aliphatic carbocycles. The summed E-state index contributed by atoms with van der Waals surface area (Å²) in [5.41, 5.74) is 2.92. The molecule has 1 aromatic heterocycles. The van der Waals surface area contributed by atoms with Gasteiger partial charge in [-0.3, -0.25) is 9.69 Å². The molecule has 2 heterocycles. The summed E-state index contributed by atoms with van der Waals surface area (Å²) in [6.45, 7) is 1.97. The number of carbonyl (C=O) groups excluding carboxylic acids is 2. The zero-order chi connectivity index (χ0) is 19.3. The lowest BCUT2D eigenvalue weighted by molar-refractivity contribution is -0.132. The van der Waals surface area contributed by atoms with Crippen LogP contribution >= 0.6 is 0 Å². The van der Waals surface area contributed by atoms with Gasteiger partial charge in [0.15, 0.2) is 5.82 Å². The molecule has 1 aliphatic heterocycles. The Morgan fingerprint density at radius 3 is 2.75 bits per heavy atom. The molecule has 3 aromatic rings. The van der Waals surface area contributed by atoms with Gasteiger partial charge in [0, 0.05) is 5.56 Å². The zero-order valence-corrected chi connectivity index (χ0v) is 15.3. The second-order valence-electron chi connectivity index (χ2n) is 7.27. The molecule has 28 heavy (non-hydrogen) atoms. The van der Waals surface area contributed by atoms with Crippen LogP contribution < -0.4 is 5.32 Å². The number of rotatable bonds is 3.